The van der Waals surface area contributed by atoms with Gasteiger partial charge >= 0.3 is 5.97 Å². The number of carboxylic acids is 1. The van der Waals surface area contributed by atoms with Crippen LogP contribution in [0.3, 0.4) is 0 Å². The van der Waals surface area contributed by atoms with Crippen LogP contribution < -0.4 is 11.5 Å². The second-order valence-electron chi connectivity index (χ2n) is 3.38. The molecule has 0 radical (unpaired) electrons. The maximum absolute atomic E-state index is 11.6. The van der Waals surface area contributed by atoms with Gasteiger partial charge in [0, 0.05) is 6.42 Å². The van der Waals surface area contributed by atoms with Crippen molar-refractivity contribution in [1.82, 2.24) is 0 Å². The first-order valence-electron chi connectivity index (χ1n) is 4.59. The fourth-order valence-corrected chi connectivity index (χ4v) is 1.23. The highest BCUT2D eigenvalue weighted by molar-refractivity contribution is 6.02. The molecule has 6 nitrogen and oxygen atoms in total. The van der Waals surface area contributed by atoms with Crippen molar-refractivity contribution >= 4 is 17.4 Å². The van der Waals surface area contributed by atoms with E-state index in [1.165, 1.54) is 18.2 Å². The predicted molar refractivity (Wildman–Crippen MR) is 55.2 cm³/mol. The summed E-state index contributed by atoms with van der Waals surface area (Å²) in [6, 6.07) is 3.12. The number of rotatable bonds is 4. The Bertz CT molecular complexity index is 431. The van der Waals surface area contributed by atoms with Crippen LogP contribution in [0.15, 0.2) is 18.2 Å². The van der Waals surface area contributed by atoms with Crippen molar-refractivity contribution in [2.45, 2.75) is 12.5 Å². The van der Waals surface area contributed by atoms with Gasteiger partial charge in [0.15, 0.2) is 17.2 Å². The number of hydrogen-bond donors (Lipinski definition) is 4. The van der Waals surface area contributed by atoms with Gasteiger partial charge in [0.2, 0.25) is 0 Å². The fourth-order valence-electron chi connectivity index (χ4n) is 1.23. The Morgan fingerprint density at radius 1 is 1.44 bits per heavy atom. The number of ketones is 1. The van der Waals surface area contributed by atoms with E-state index in [4.69, 9.17) is 10.8 Å². The third kappa shape index (κ3) is 2.56. The third-order valence-electron chi connectivity index (χ3n) is 2.17. The smallest absolute Gasteiger partial charge is 0.320 e. The summed E-state index contributed by atoms with van der Waals surface area (Å²) in [6.07, 6.45) is -0.318. The van der Waals surface area contributed by atoms with Crippen molar-refractivity contribution in [2.75, 3.05) is 0 Å². The molecule has 1 rings (SSSR count). The Hall–Kier alpha value is -1.92. The van der Waals surface area contributed by atoms with E-state index in [0.717, 1.165) is 0 Å². The van der Waals surface area contributed by atoms with Gasteiger partial charge in [0.05, 0.1) is 5.56 Å². The Morgan fingerprint density at radius 2 is 2.06 bits per heavy atom. The number of phenols is 1. The summed E-state index contributed by atoms with van der Waals surface area (Å²) >= 11 is 0. The van der Waals surface area contributed by atoms with E-state index < -0.39 is 17.8 Å². The zero-order chi connectivity index (χ0) is 12.3. The summed E-state index contributed by atoms with van der Waals surface area (Å²) in [5, 5.41) is 17.9. The number of carbonyl (C=O) groups is 2. The van der Waals surface area contributed by atoms with Gasteiger partial charge in [-0.05, 0) is 12.1 Å². The van der Waals surface area contributed by atoms with Crippen LogP contribution in [0, 0.1) is 0 Å². The number of carbonyl (C=O) groups excluding carboxylic acids is 1. The van der Waals surface area contributed by atoms with Crippen LogP contribution in [-0.2, 0) is 4.79 Å². The molecule has 0 aromatic heterocycles. The molecule has 16 heavy (non-hydrogen) atoms. The van der Waals surface area contributed by atoms with Crippen molar-refractivity contribution < 1.29 is 25.5 Å². The summed E-state index contributed by atoms with van der Waals surface area (Å²) in [5.41, 5.74) is 9.15. The molecular weight excluding hydrogens is 212 g/mol. The average molecular weight is 225 g/mol. The normalized spacial score (nSPS) is 12.1. The molecule has 0 aliphatic carbocycles. The SMILES string of the molecule is NC(CC(=O)c1cccc(O)c1[NH3+])C(=O)O. The van der Waals surface area contributed by atoms with Gasteiger partial charge in [-0.2, -0.15) is 0 Å². The molecule has 1 aromatic rings. The summed E-state index contributed by atoms with van der Waals surface area (Å²) in [6.45, 7) is 0. The van der Waals surface area contributed by atoms with E-state index in [9.17, 15) is 14.7 Å². The highest BCUT2D eigenvalue weighted by Crippen LogP contribution is 2.22. The number of aromatic hydroxyl groups is 1. The fraction of sp³-hybridized carbons (Fsp3) is 0.200. The van der Waals surface area contributed by atoms with E-state index in [1.54, 1.807) is 0 Å². The lowest BCUT2D eigenvalue weighted by atomic mass is 10.0. The predicted octanol–water partition coefficient (Wildman–Crippen LogP) is -0.750. The maximum Gasteiger partial charge on any atom is 0.320 e. The lowest BCUT2D eigenvalue weighted by molar-refractivity contribution is -0.256. The van der Waals surface area contributed by atoms with Gasteiger partial charge in [-0.3, -0.25) is 9.59 Å². The standard InChI is InChI=1S/C10H12N2O4/c11-6(10(15)16)4-8(14)5-2-1-3-7(13)9(5)12/h1-3,6,13H,4,11-12H2,(H,15,16)/p+1. The maximum atomic E-state index is 11.6. The molecule has 7 N–H and O–H groups in total. The Morgan fingerprint density at radius 3 is 2.62 bits per heavy atom. The van der Waals surface area contributed by atoms with Crippen LogP contribution in [-0.4, -0.2) is 28.0 Å². The highest BCUT2D eigenvalue weighted by atomic mass is 16.4. The molecule has 0 saturated carbocycles. The number of carboxylic acid groups (broad SMARTS) is 1. The van der Waals surface area contributed by atoms with E-state index in [2.05, 4.69) is 5.73 Å². The molecule has 6 heteroatoms. The van der Waals surface area contributed by atoms with Gasteiger partial charge in [0.25, 0.3) is 0 Å². The Balaban J connectivity index is 2.89. The van der Waals surface area contributed by atoms with Gasteiger partial charge in [-0.15, -0.1) is 0 Å². The van der Waals surface area contributed by atoms with E-state index in [0.29, 0.717) is 0 Å². The zero-order valence-corrected chi connectivity index (χ0v) is 8.51. The second kappa shape index (κ2) is 4.73. The van der Waals surface area contributed by atoms with Gasteiger partial charge in [-0.1, -0.05) is 6.07 Å². The van der Waals surface area contributed by atoms with Gasteiger partial charge in [-0.25, -0.2) is 0 Å². The minimum atomic E-state index is -1.24. The number of phenolic OH excluding ortho intramolecular Hbond substituents is 1. The molecule has 0 heterocycles. The molecule has 86 valence electrons. The van der Waals surface area contributed by atoms with Gasteiger partial charge in [0.1, 0.15) is 6.04 Å². The number of hydrogen-bond acceptors (Lipinski definition) is 4. The number of quaternary nitrogens is 1. The van der Waals surface area contributed by atoms with E-state index in [1.807, 2.05) is 0 Å². The molecule has 1 aromatic carbocycles. The zero-order valence-electron chi connectivity index (χ0n) is 8.51. The molecule has 1 unspecified atom stereocenters. The molecule has 1 atom stereocenters. The molecule has 0 saturated heterocycles. The van der Waals surface area contributed by atoms with Gasteiger partial charge < -0.3 is 21.7 Å². The summed E-state index contributed by atoms with van der Waals surface area (Å²) < 4.78 is 0. The Kier molecular flexibility index (Phi) is 3.60. The number of Topliss-reactive ketones (excluding diaryl/α,β-unsaturated/α-hetero) is 1. The largest absolute Gasteiger partial charge is 0.503 e. The number of nitrogens with two attached hydrogens (primary N) is 1. The topological polar surface area (TPSA) is 128 Å². The van der Waals surface area contributed by atoms with Crippen LogP contribution in [0.1, 0.15) is 16.8 Å². The molecule has 0 spiro atoms. The molecule has 0 fully saturated rings. The van der Waals surface area contributed by atoms with Crippen LogP contribution in [0.4, 0.5) is 5.69 Å². The summed E-state index contributed by atoms with van der Waals surface area (Å²) in [7, 11) is 0. The van der Waals surface area contributed by atoms with Crippen LogP contribution >= 0.6 is 0 Å². The first kappa shape index (κ1) is 12.2. The lowest BCUT2D eigenvalue weighted by Gasteiger charge is -2.06. The molecule has 0 aliphatic rings. The van der Waals surface area contributed by atoms with E-state index >= 15 is 0 Å². The third-order valence-corrected chi connectivity index (χ3v) is 2.17. The highest BCUT2D eigenvalue weighted by Gasteiger charge is 2.21. The summed E-state index contributed by atoms with van der Waals surface area (Å²) in [4.78, 5) is 22.1. The Labute approximate surface area is 91.5 Å². The van der Waals surface area contributed by atoms with Crippen LogP contribution in [0.2, 0.25) is 0 Å². The van der Waals surface area contributed by atoms with Crippen molar-refractivity contribution in [3.63, 3.8) is 0 Å². The quantitative estimate of drug-likeness (QED) is 0.501. The minimum Gasteiger partial charge on any atom is -0.503 e. The monoisotopic (exact) mass is 225 g/mol. The molecule has 0 aliphatic heterocycles. The molecule has 0 bridgehead atoms. The lowest BCUT2D eigenvalue weighted by Crippen LogP contribution is -2.42. The van der Waals surface area contributed by atoms with Crippen molar-refractivity contribution in [3.8, 4) is 5.75 Å². The van der Waals surface area contributed by atoms with Crippen molar-refractivity contribution in [1.29, 1.82) is 0 Å². The summed E-state index contributed by atoms with van der Waals surface area (Å²) in [5.74, 6) is -1.79. The number of aliphatic carboxylic acids is 1. The first-order valence-corrected chi connectivity index (χ1v) is 4.59. The van der Waals surface area contributed by atoms with E-state index in [-0.39, 0.29) is 23.4 Å². The second-order valence-corrected chi connectivity index (χ2v) is 3.38. The first-order chi connectivity index (χ1) is 7.43. The number of benzene rings is 1. The van der Waals surface area contributed by atoms with Crippen molar-refractivity contribution in [2.24, 2.45) is 5.73 Å². The molecular formula is C10H13N2O4+. The molecule has 0 amide bonds. The van der Waals surface area contributed by atoms with Crippen LogP contribution in [0.5, 0.6) is 5.75 Å². The van der Waals surface area contributed by atoms with Crippen molar-refractivity contribution in [3.05, 3.63) is 23.8 Å². The van der Waals surface area contributed by atoms with Crippen LogP contribution in [0.25, 0.3) is 0 Å². The average Bonchev–Trinajstić information content (AvgIpc) is 2.21. The minimum absolute atomic E-state index is 0.102.